The molecule has 1 atom stereocenters. The number of thiazole rings is 1. The minimum Gasteiger partial charge on any atom is -0.309 e. The van der Waals surface area contributed by atoms with Gasteiger partial charge in [-0.25, -0.2) is 4.98 Å². The van der Waals surface area contributed by atoms with E-state index in [4.69, 9.17) is 11.6 Å². The molecule has 0 amide bonds. The Hall–Kier alpha value is -0.900. The van der Waals surface area contributed by atoms with E-state index in [-0.39, 0.29) is 6.04 Å². The second-order valence-electron chi connectivity index (χ2n) is 4.71. The van der Waals surface area contributed by atoms with Crippen LogP contribution in [0, 0.1) is 13.8 Å². The summed E-state index contributed by atoms with van der Waals surface area (Å²) in [6.45, 7) is 7.18. The van der Waals surface area contributed by atoms with E-state index in [0.29, 0.717) is 0 Å². The first-order valence-corrected chi connectivity index (χ1v) is 7.76. The first-order chi connectivity index (χ1) is 9.11. The van der Waals surface area contributed by atoms with Crippen LogP contribution in [-0.4, -0.2) is 11.5 Å². The van der Waals surface area contributed by atoms with E-state index in [1.807, 2.05) is 11.6 Å². The first-order valence-electron chi connectivity index (χ1n) is 6.50. The molecule has 1 heterocycles. The molecule has 2 nitrogen and oxygen atoms in total. The zero-order valence-corrected chi connectivity index (χ0v) is 13.1. The van der Waals surface area contributed by atoms with Crippen LogP contribution in [0.3, 0.4) is 0 Å². The van der Waals surface area contributed by atoms with E-state index in [0.717, 1.165) is 23.7 Å². The van der Waals surface area contributed by atoms with Crippen molar-refractivity contribution >= 4 is 22.9 Å². The maximum absolute atomic E-state index is 6.33. The van der Waals surface area contributed by atoms with Crippen molar-refractivity contribution in [2.24, 2.45) is 0 Å². The van der Waals surface area contributed by atoms with Crippen molar-refractivity contribution in [3.05, 3.63) is 50.4 Å². The largest absolute Gasteiger partial charge is 0.309 e. The van der Waals surface area contributed by atoms with E-state index in [1.54, 1.807) is 11.3 Å². The Bertz CT molecular complexity index is 551. The van der Waals surface area contributed by atoms with Crippen molar-refractivity contribution in [2.45, 2.75) is 33.2 Å². The number of hydrogen-bond acceptors (Lipinski definition) is 3. The van der Waals surface area contributed by atoms with Gasteiger partial charge in [0, 0.05) is 15.9 Å². The van der Waals surface area contributed by atoms with Crippen molar-refractivity contribution in [1.82, 2.24) is 10.3 Å². The summed E-state index contributed by atoms with van der Waals surface area (Å²) in [5, 5.41) is 4.38. The standard InChI is InChI=1S/C15H19ClN2S/c1-4-17-14(15-11(3)18-9-19-15)8-12-6-5-10(2)7-13(12)16/h5-7,9,14,17H,4,8H2,1-3H3. The molecular formula is C15H19ClN2S. The van der Waals surface area contributed by atoms with Crippen molar-refractivity contribution in [3.63, 3.8) is 0 Å². The number of nitrogens with zero attached hydrogens (tertiary/aromatic N) is 1. The molecule has 2 rings (SSSR count). The molecule has 4 heteroatoms. The third-order valence-corrected chi connectivity index (χ3v) is 4.58. The number of aryl methyl sites for hydroxylation is 2. The maximum atomic E-state index is 6.33. The van der Waals surface area contributed by atoms with Crippen LogP contribution in [0.15, 0.2) is 23.7 Å². The Balaban J connectivity index is 2.24. The third kappa shape index (κ3) is 3.56. The van der Waals surface area contributed by atoms with Crippen molar-refractivity contribution in [2.75, 3.05) is 6.54 Å². The van der Waals surface area contributed by atoms with Crippen LogP contribution in [0.2, 0.25) is 5.02 Å². The summed E-state index contributed by atoms with van der Waals surface area (Å²) in [5.74, 6) is 0. The SMILES string of the molecule is CCNC(Cc1ccc(C)cc1Cl)c1scnc1C. The minimum atomic E-state index is 0.290. The lowest BCUT2D eigenvalue weighted by atomic mass is 10.0. The average molecular weight is 295 g/mol. The monoisotopic (exact) mass is 294 g/mol. The fraction of sp³-hybridized carbons (Fsp3) is 0.400. The summed E-state index contributed by atoms with van der Waals surface area (Å²) in [7, 11) is 0. The first kappa shape index (κ1) is 14.5. The van der Waals surface area contributed by atoms with Gasteiger partial charge in [-0.2, -0.15) is 0 Å². The van der Waals surface area contributed by atoms with Crippen LogP contribution >= 0.6 is 22.9 Å². The van der Waals surface area contributed by atoms with E-state index >= 15 is 0 Å². The molecule has 0 aliphatic carbocycles. The number of nitrogens with one attached hydrogen (secondary N) is 1. The summed E-state index contributed by atoms with van der Waals surface area (Å²) in [6, 6.07) is 6.55. The lowest BCUT2D eigenvalue weighted by molar-refractivity contribution is 0.555. The van der Waals surface area contributed by atoms with Gasteiger partial charge in [-0.1, -0.05) is 30.7 Å². The summed E-state index contributed by atoms with van der Waals surface area (Å²) < 4.78 is 0. The highest BCUT2D eigenvalue weighted by atomic mass is 35.5. The second-order valence-corrected chi connectivity index (χ2v) is 6.00. The van der Waals surface area contributed by atoms with Gasteiger partial charge < -0.3 is 5.32 Å². The van der Waals surface area contributed by atoms with Gasteiger partial charge in [-0.3, -0.25) is 0 Å². The number of halogens is 1. The molecule has 0 aliphatic rings. The molecule has 2 aromatic rings. The van der Waals surface area contributed by atoms with Crippen LogP contribution in [-0.2, 0) is 6.42 Å². The van der Waals surface area contributed by atoms with Crippen LogP contribution < -0.4 is 5.32 Å². The molecule has 102 valence electrons. The zero-order chi connectivity index (χ0) is 13.8. The van der Waals surface area contributed by atoms with Gasteiger partial charge >= 0.3 is 0 Å². The van der Waals surface area contributed by atoms with Gasteiger partial charge in [-0.15, -0.1) is 11.3 Å². The molecule has 0 bridgehead atoms. The van der Waals surface area contributed by atoms with Crippen molar-refractivity contribution in [3.8, 4) is 0 Å². The summed E-state index contributed by atoms with van der Waals surface area (Å²) in [6.07, 6.45) is 0.899. The normalized spacial score (nSPS) is 12.6. The summed E-state index contributed by atoms with van der Waals surface area (Å²) in [5.41, 5.74) is 5.40. The Labute approximate surface area is 123 Å². The fourth-order valence-electron chi connectivity index (χ4n) is 2.19. The van der Waals surface area contributed by atoms with Crippen LogP contribution in [0.1, 0.15) is 34.7 Å². The fourth-order valence-corrected chi connectivity index (χ4v) is 3.38. The zero-order valence-electron chi connectivity index (χ0n) is 11.5. The van der Waals surface area contributed by atoms with Gasteiger partial charge in [0.25, 0.3) is 0 Å². The highest BCUT2D eigenvalue weighted by Gasteiger charge is 2.17. The third-order valence-electron chi connectivity index (χ3n) is 3.18. The van der Waals surface area contributed by atoms with Gasteiger partial charge in [0.15, 0.2) is 0 Å². The van der Waals surface area contributed by atoms with E-state index in [1.165, 1.54) is 16.0 Å². The lowest BCUT2D eigenvalue weighted by Crippen LogP contribution is -2.23. The molecular weight excluding hydrogens is 276 g/mol. The predicted molar refractivity (Wildman–Crippen MR) is 83.2 cm³/mol. The van der Waals surface area contributed by atoms with E-state index in [9.17, 15) is 0 Å². The molecule has 0 saturated carbocycles. The Morgan fingerprint density at radius 1 is 1.37 bits per heavy atom. The summed E-state index contributed by atoms with van der Waals surface area (Å²) in [4.78, 5) is 5.65. The Kier molecular flexibility index (Phi) is 4.97. The molecule has 0 saturated heterocycles. The molecule has 1 aromatic heterocycles. The molecule has 0 aliphatic heterocycles. The molecule has 0 spiro atoms. The van der Waals surface area contributed by atoms with Gasteiger partial charge in [0.1, 0.15) is 0 Å². The van der Waals surface area contributed by atoms with E-state index < -0.39 is 0 Å². The molecule has 19 heavy (non-hydrogen) atoms. The van der Waals surface area contributed by atoms with Crippen LogP contribution in [0.25, 0.3) is 0 Å². The highest BCUT2D eigenvalue weighted by molar-refractivity contribution is 7.09. The second kappa shape index (κ2) is 6.51. The lowest BCUT2D eigenvalue weighted by Gasteiger charge is -2.18. The minimum absolute atomic E-state index is 0.290. The summed E-state index contributed by atoms with van der Waals surface area (Å²) >= 11 is 8.04. The predicted octanol–water partition coefficient (Wildman–Crippen LogP) is 4.31. The van der Waals surface area contributed by atoms with Gasteiger partial charge in [0.2, 0.25) is 0 Å². The molecule has 1 unspecified atom stereocenters. The number of likely N-dealkylation sites (N-methyl/N-ethyl adjacent to an activating group) is 1. The van der Waals surface area contributed by atoms with Gasteiger partial charge in [0.05, 0.1) is 11.2 Å². The number of hydrogen-bond donors (Lipinski definition) is 1. The van der Waals surface area contributed by atoms with Crippen LogP contribution in [0.4, 0.5) is 0 Å². The molecule has 0 fully saturated rings. The number of rotatable bonds is 5. The van der Waals surface area contributed by atoms with Crippen molar-refractivity contribution in [1.29, 1.82) is 0 Å². The topological polar surface area (TPSA) is 24.9 Å². The van der Waals surface area contributed by atoms with Gasteiger partial charge in [-0.05, 0) is 44.0 Å². The van der Waals surface area contributed by atoms with Crippen LogP contribution in [0.5, 0.6) is 0 Å². The highest BCUT2D eigenvalue weighted by Crippen LogP contribution is 2.28. The molecule has 1 N–H and O–H groups in total. The van der Waals surface area contributed by atoms with E-state index in [2.05, 4.69) is 43.2 Å². The molecule has 0 radical (unpaired) electrons. The smallest absolute Gasteiger partial charge is 0.0798 e. The number of aromatic nitrogens is 1. The Morgan fingerprint density at radius 3 is 2.74 bits per heavy atom. The molecule has 1 aromatic carbocycles. The average Bonchev–Trinajstić information content (AvgIpc) is 2.78. The number of benzene rings is 1. The van der Waals surface area contributed by atoms with Crippen molar-refractivity contribution < 1.29 is 0 Å². The maximum Gasteiger partial charge on any atom is 0.0798 e. The quantitative estimate of drug-likeness (QED) is 0.889. The Morgan fingerprint density at radius 2 is 2.16 bits per heavy atom.